The first-order valence-electron chi connectivity index (χ1n) is 13.8. The first kappa shape index (κ1) is 22.3. The molecule has 0 aliphatic carbocycles. The lowest BCUT2D eigenvalue weighted by Crippen LogP contribution is -1.90. The van der Waals surface area contributed by atoms with E-state index in [1.54, 1.807) is 12.4 Å². The van der Waals surface area contributed by atoms with Crippen molar-refractivity contribution in [3.05, 3.63) is 134 Å². The van der Waals surface area contributed by atoms with Gasteiger partial charge in [0.15, 0.2) is 0 Å². The summed E-state index contributed by atoms with van der Waals surface area (Å²) < 4.78 is 6.41. The van der Waals surface area contributed by atoms with Gasteiger partial charge in [-0.15, -0.1) is 0 Å². The number of hydrogen-bond acceptors (Lipinski definition) is 3. The van der Waals surface area contributed by atoms with Crippen LogP contribution in [-0.2, 0) is 0 Å². The molecule has 0 atom stereocenters. The first-order chi connectivity index (χ1) is 20.3. The molecule has 0 fully saturated rings. The van der Waals surface area contributed by atoms with Gasteiger partial charge >= 0.3 is 0 Å². The number of furan rings is 1. The molecule has 0 aliphatic heterocycles. The molecule has 0 bridgehead atoms. The van der Waals surface area contributed by atoms with E-state index in [4.69, 9.17) is 9.40 Å². The van der Waals surface area contributed by atoms with E-state index in [1.165, 1.54) is 38.2 Å². The van der Waals surface area contributed by atoms with Crippen molar-refractivity contribution in [2.45, 2.75) is 0 Å². The van der Waals surface area contributed by atoms with Gasteiger partial charge in [-0.3, -0.25) is 9.97 Å². The molecule has 7 aromatic carbocycles. The van der Waals surface area contributed by atoms with Gasteiger partial charge in [-0.1, -0.05) is 109 Å². The average molecular weight is 523 g/mol. The predicted molar refractivity (Wildman–Crippen MR) is 170 cm³/mol. The summed E-state index contributed by atoms with van der Waals surface area (Å²) in [7, 11) is 0. The van der Waals surface area contributed by atoms with E-state index in [-0.39, 0.29) is 0 Å². The highest BCUT2D eigenvalue weighted by Crippen LogP contribution is 2.42. The maximum atomic E-state index is 6.41. The zero-order valence-corrected chi connectivity index (χ0v) is 22.0. The zero-order valence-electron chi connectivity index (χ0n) is 22.0. The number of hydrogen-bond donors (Lipinski definition) is 0. The third-order valence-corrected chi connectivity index (χ3v) is 8.37. The number of rotatable bonds is 2. The Morgan fingerprint density at radius 1 is 0.390 bits per heavy atom. The van der Waals surface area contributed by atoms with E-state index in [9.17, 15) is 0 Å². The number of para-hydroxylation sites is 2. The Hall–Kier alpha value is -5.54. The Kier molecular flexibility index (Phi) is 4.61. The zero-order chi connectivity index (χ0) is 26.9. The molecule has 0 spiro atoms. The molecule has 0 aliphatic rings. The van der Waals surface area contributed by atoms with Gasteiger partial charge in [0.05, 0.1) is 11.0 Å². The lowest BCUT2D eigenvalue weighted by molar-refractivity contribution is 0.670. The fourth-order valence-electron chi connectivity index (χ4n) is 6.54. The summed E-state index contributed by atoms with van der Waals surface area (Å²) in [5.41, 5.74) is 8.37. The monoisotopic (exact) mass is 522 g/mol. The molecular weight excluding hydrogens is 500 g/mol. The van der Waals surface area contributed by atoms with Crippen molar-refractivity contribution < 1.29 is 4.42 Å². The minimum Gasteiger partial charge on any atom is -0.455 e. The maximum absolute atomic E-state index is 6.41. The van der Waals surface area contributed by atoms with Crippen molar-refractivity contribution in [3.63, 3.8) is 0 Å². The molecule has 9 aromatic rings. The molecule has 2 aromatic heterocycles. The number of nitrogens with zero attached hydrogens (tertiary/aromatic N) is 2. The third-order valence-electron chi connectivity index (χ3n) is 8.37. The van der Waals surface area contributed by atoms with Crippen molar-refractivity contribution in [3.8, 4) is 22.3 Å². The molecule has 3 heteroatoms. The largest absolute Gasteiger partial charge is 0.455 e. The molecule has 190 valence electrons. The van der Waals surface area contributed by atoms with Gasteiger partial charge in [-0.25, -0.2) is 0 Å². The average Bonchev–Trinajstić information content (AvgIpc) is 3.43. The van der Waals surface area contributed by atoms with Gasteiger partial charge in [0, 0.05) is 39.5 Å². The van der Waals surface area contributed by atoms with E-state index in [2.05, 4.69) is 114 Å². The lowest BCUT2D eigenvalue weighted by Gasteiger charge is -2.14. The summed E-state index contributed by atoms with van der Waals surface area (Å²) in [5, 5.41) is 9.32. The minimum absolute atomic E-state index is 0.913. The van der Waals surface area contributed by atoms with Crippen LogP contribution in [0.1, 0.15) is 0 Å². The maximum Gasteiger partial charge on any atom is 0.143 e. The molecule has 41 heavy (non-hydrogen) atoms. The normalized spacial score (nSPS) is 11.9. The molecule has 0 saturated heterocycles. The van der Waals surface area contributed by atoms with Crippen molar-refractivity contribution in [1.29, 1.82) is 0 Å². The van der Waals surface area contributed by atoms with Gasteiger partial charge in [0.25, 0.3) is 0 Å². The highest BCUT2D eigenvalue weighted by molar-refractivity contribution is 6.24. The van der Waals surface area contributed by atoms with Crippen LogP contribution in [0.3, 0.4) is 0 Å². The lowest BCUT2D eigenvalue weighted by atomic mass is 9.90. The molecule has 0 saturated carbocycles. The van der Waals surface area contributed by atoms with Gasteiger partial charge in [-0.2, -0.15) is 0 Å². The van der Waals surface area contributed by atoms with Crippen LogP contribution in [0.5, 0.6) is 0 Å². The molecule has 0 N–H and O–H groups in total. The quantitative estimate of drug-likeness (QED) is 0.212. The van der Waals surface area contributed by atoms with E-state index in [1.807, 2.05) is 12.1 Å². The van der Waals surface area contributed by atoms with E-state index in [0.29, 0.717) is 0 Å². The number of aromatic nitrogens is 2. The smallest absolute Gasteiger partial charge is 0.143 e. The number of fused-ring (bicyclic) bond motifs is 10. The summed E-state index contributed by atoms with van der Waals surface area (Å²) in [6.07, 6.45) is 3.55. The second-order valence-electron chi connectivity index (χ2n) is 10.5. The van der Waals surface area contributed by atoms with Crippen molar-refractivity contribution in [1.82, 2.24) is 9.97 Å². The predicted octanol–water partition coefficient (Wildman–Crippen LogP) is 10.3. The Bertz CT molecular complexity index is 2450. The van der Waals surface area contributed by atoms with Gasteiger partial charge in [0.2, 0.25) is 0 Å². The summed E-state index contributed by atoms with van der Waals surface area (Å²) in [5.74, 6) is 0. The standard InChI is InChI=1S/C38H22N2O/c1-2-9-26-25(8-1)24(18-19-28(26)32-13-7-14-33-29-11-5-6-15-35(29)41-38(32)33)23-16-17-31-34(22-23)27-10-3-4-12-30(27)36-37(31)40-21-20-39-36/h1-22H. The second-order valence-corrected chi connectivity index (χ2v) is 10.5. The minimum atomic E-state index is 0.913. The Morgan fingerprint density at radius 2 is 1.00 bits per heavy atom. The highest BCUT2D eigenvalue weighted by Gasteiger charge is 2.16. The van der Waals surface area contributed by atoms with Crippen LogP contribution in [0.2, 0.25) is 0 Å². The Labute approximate surface area is 235 Å². The van der Waals surface area contributed by atoms with Crippen LogP contribution in [0, 0.1) is 0 Å². The van der Waals surface area contributed by atoms with Gasteiger partial charge < -0.3 is 4.42 Å². The molecule has 0 amide bonds. The molecule has 0 radical (unpaired) electrons. The fraction of sp³-hybridized carbons (Fsp3) is 0. The SMILES string of the molecule is c1ccc2c(c1)oc1c(-c3ccc(-c4ccc5c(c4)c4ccccc4c4nccnc54)c4ccccc34)cccc12. The molecule has 9 rings (SSSR count). The van der Waals surface area contributed by atoms with Gasteiger partial charge in [-0.05, 0) is 50.4 Å². The topological polar surface area (TPSA) is 38.9 Å². The Morgan fingerprint density at radius 3 is 1.80 bits per heavy atom. The van der Waals surface area contributed by atoms with E-state index in [0.717, 1.165) is 49.3 Å². The van der Waals surface area contributed by atoms with E-state index < -0.39 is 0 Å². The molecule has 3 nitrogen and oxygen atoms in total. The molecule has 0 unspecified atom stereocenters. The first-order valence-corrected chi connectivity index (χ1v) is 13.8. The van der Waals surface area contributed by atoms with Gasteiger partial charge in [0.1, 0.15) is 11.2 Å². The number of benzene rings is 7. The van der Waals surface area contributed by atoms with Crippen LogP contribution < -0.4 is 0 Å². The van der Waals surface area contributed by atoms with Crippen LogP contribution in [-0.4, -0.2) is 9.97 Å². The molecular formula is C38H22N2O. The Balaban J connectivity index is 1.31. The summed E-state index contributed by atoms with van der Waals surface area (Å²) in [6, 6.07) is 43.1. The van der Waals surface area contributed by atoms with Crippen LogP contribution in [0.25, 0.3) is 87.5 Å². The van der Waals surface area contributed by atoms with Crippen molar-refractivity contribution in [2.24, 2.45) is 0 Å². The highest BCUT2D eigenvalue weighted by atomic mass is 16.3. The van der Waals surface area contributed by atoms with E-state index >= 15 is 0 Å². The fourth-order valence-corrected chi connectivity index (χ4v) is 6.54. The summed E-state index contributed by atoms with van der Waals surface area (Å²) >= 11 is 0. The summed E-state index contributed by atoms with van der Waals surface area (Å²) in [6.45, 7) is 0. The second kappa shape index (κ2) is 8.48. The molecule has 2 heterocycles. The van der Waals surface area contributed by atoms with Crippen LogP contribution in [0.15, 0.2) is 138 Å². The van der Waals surface area contributed by atoms with Crippen LogP contribution >= 0.6 is 0 Å². The van der Waals surface area contributed by atoms with Crippen LogP contribution in [0.4, 0.5) is 0 Å². The summed E-state index contributed by atoms with van der Waals surface area (Å²) in [4.78, 5) is 9.41. The van der Waals surface area contributed by atoms with Crippen molar-refractivity contribution >= 4 is 65.3 Å². The van der Waals surface area contributed by atoms with Crippen molar-refractivity contribution in [2.75, 3.05) is 0 Å². The third kappa shape index (κ3) is 3.20.